The monoisotopic (exact) mass is 335 g/mol. The van der Waals surface area contributed by atoms with E-state index in [1.807, 2.05) is 0 Å². The molecule has 1 aliphatic rings. The second-order valence-corrected chi connectivity index (χ2v) is 6.85. The van der Waals surface area contributed by atoms with Gasteiger partial charge in [0.15, 0.2) is 0 Å². The molecule has 7 heteroatoms. The Morgan fingerprint density at radius 2 is 1.96 bits per heavy atom. The third kappa shape index (κ3) is 4.80. The Hall–Kier alpha value is -1.89. The molecule has 1 saturated carbocycles. The van der Waals surface area contributed by atoms with Gasteiger partial charge >= 0.3 is 0 Å². The van der Waals surface area contributed by atoms with Gasteiger partial charge in [-0.2, -0.15) is 4.98 Å². The highest BCUT2D eigenvalue weighted by atomic mass is 16.5. The molecule has 0 spiro atoms. The lowest BCUT2D eigenvalue weighted by Crippen LogP contribution is -2.30. The van der Waals surface area contributed by atoms with E-state index in [0.29, 0.717) is 35.4 Å². The highest BCUT2D eigenvalue weighted by molar-refractivity contribution is 5.97. The van der Waals surface area contributed by atoms with E-state index in [2.05, 4.69) is 41.4 Å². The van der Waals surface area contributed by atoms with Crippen LogP contribution in [0.1, 0.15) is 56.8 Å². The number of ether oxygens (including phenoxy) is 1. The van der Waals surface area contributed by atoms with Crippen molar-refractivity contribution in [1.29, 1.82) is 0 Å². The molecule has 0 aliphatic heterocycles. The first-order valence-electron chi connectivity index (χ1n) is 8.63. The summed E-state index contributed by atoms with van der Waals surface area (Å²) in [4.78, 5) is 20.3. The molecular formula is C17H29N5O2. The molecule has 0 saturated heterocycles. The minimum absolute atomic E-state index is 0.169. The Bertz CT molecular complexity index is 556. The summed E-state index contributed by atoms with van der Waals surface area (Å²) < 4.78 is 5.40. The molecule has 1 aliphatic carbocycles. The van der Waals surface area contributed by atoms with E-state index in [0.717, 1.165) is 25.7 Å². The number of nitrogens with two attached hydrogens (primary N) is 1. The zero-order chi connectivity index (χ0) is 17.7. The molecule has 1 aromatic heterocycles. The zero-order valence-electron chi connectivity index (χ0n) is 15.0. The molecular weight excluding hydrogens is 306 g/mol. The van der Waals surface area contributed by atoms with Crippen molar-refractivity contribution in [3.8, 4) is 0 Å². The van der Waals surface area contributed by atoms with Crippen LogP contribution in [0.3, 0.4) is 0 Å². The van der Waals surface area contributed by atoms with Crippen LogP contribution in [-0.4, -0.2) is 41.2 Å². The number of nitrogens with one attached hydrogen (secondary N) is 2. The van der Waals surface area contributed by atoms with Gasteiger partial charge in [-0.1, -0.05) is 13.8 Å². The summed E-state index contributed by atoms with van der Waals surface area (Å²) in [6.07, 6.45) is 5.94. The Kier molecular flexibility index (Phi) is 6.36. The highest BCUT2D eigenvalue weighted by Crippen LogP contribution is 2.24. The van der Waals surface area contributed by atoms with E-state index in [4.69, 9.17) is 10.5 Å². The summed E-state index contributed by atoms with van der Waals surface area (Å²) in [6.45, 7) is 6.27. The maximum absolute atomic E-state index is 11.6. The van der Waals surface area contributed by atoms with Crippen LogP contribution in [-0.2, 0) is 4.74 Å². The summed E-state index contributed by atoms with van der Waals surface area (Å²) in [5, 5.41) is 6.64. The van der Waals surface area contributed by atoms with Gasteiger partial charge < -0.3 is 21.1 Å². The minimum atomic E-state index is -0.527. The van der Waals surface area contributed by atoms with Crippen molar-refractivity contribution in [2.24, 2.45) is 11.7 Å². The summed E-state index contributed by atoms with van der Waals surface area (Å²) in [5.41, 5.74) is 5.75. The normalized spacial score (nSPS) is 22.2. The van der Waals surface area contributed by atoms with Crippen LogP contribution in [0.15, 0.2) is 6.20 Å². The summed E-state index contributed by atoms with van der Waals surface area (Å²) in [5.74, 6) is 0.896. The third-order valence-corrected chi connectivity index (χ3v) is 4.76. The van der Waals surface area contributed by atoms with Crippen LogP contribution in [0.2, 0.25) is 0 Å². The highest BCUT2D eigenvalue weighted by Gasteiger charge is 2.22. The molecule has 0 radical (unpaired) electrons. The third-order valence-electron chi connectivity index (χ3n) is 4.76. The Labute approximate surface area is 143 Å². The lowest BCUT2D eigenvalue weighted by atomic mass is 9.93. The number of methoxy groups -OCH3 is 1. The van der Waals surface area contributed by atoms with E-state index in [1.54, 1.807) is 7.11 Å². The smallest absolute Gasteiger partial charge is 0.254 e. The van der Waals surface area contributed by atoms with Crippen molar-refractivity contribution in [2.75, 3.05) is 17.7 Å². The molecule has 24 heavy (non-hydrogen) atoms. The number of rotatable bonds is 7. The van der Waals surface area contributed by atoms with Gasteiger partial charge in [0.2, 0.25) is 5.95 Å². The number of hydrogen-bond donors (Lipinski definition) is 3. The molecule has 0 unspecified atom stereocenters. The fourth-order valence-electron chi connectivity index (χ4n) is 2.75. The average Bonchev–Trinajstić information content (AvgIpc) is 2.55. The first-order valence-corrected chi connectivity index (χ1v) is 8.63. The second kappa shape index (κ2) is 8.28. The zero-order valence-corrected chi connectivity index (χ0v) is 15.0. The number of anilines is 2. The molecule has 0 bridgehead atoms. The largest absolute Gasteiger partial charge is 0.381 e. The van der Waals surface area contributed by atoms with E-state index < -0.39 is 5.91 Å². The SMILES string of the molecule is CO[C@H]1CC[C@H](Nc2ncc(C(N)=O)c(N[C@@H](C)C(C)C)n2)CC1. The average molecular weight is 335 g/mol. The molecule has 4 N–H and O–H groups in total. The van der Waals surface area contributed by atoms with Gasteiger partial charge in [0, 0.05) is 25.4 Å². The van der Waals surface area contributed by atoms with E-state index in [1.165, 1.54) is 6.20 Å². The molecule has 1 amide bonds. The number of hydrogen-bond acceptors (Lipinski definition) is 6. The van der Waals surface area contributed by atoms with Crippen molar-refractivity contribution < 1.29 is 9.53 Å². The van der Waals surface area contributed by atoms with Gasteiger partial charge in [-0.05, 0) is 38.5 Å². The lowest BCUT2D eigenvalue weighted by molar-refractivity contribution is 0.0681. The van der Waals surface area contributed by atoms with Crippen molar-refractivity contribution in [1.82, 2.24) is 9.97 Å². The second-order valence-electron chi connectivity index (χ2n) is 6.85. The van der Waals surface area contributed by atoms with Gasteiger partial charge in [-0.25, -0.2) is 4.98 Å². The number of carbonyl (C=O) groups excluding carboxylic acids is 1. The Morgan fingerprint density at radius 3 is 2.50 bits per heavy atom. The van der Waals surface area contributed by atoms with Gasteiger partial charge in [0.05, 0.1) is 11.7 Å². The number of carbonyl (C=O) groups is 1. The molecule has 1 atom stereocenters. The van der Waals surface area contributed by atoms with E-state index in [9.17, 15) is 4.79 Å². The molecule has 0 aromatic carbocycles. The number of nitrogens with zero attached hydrogens (tertiary/aromatic N) is 2. The fraction of sp³-hybridized carbons (Fsp3) is 0.706. The Balaban J connectivity index is 2.09. The van der Waals surface area contributed by atoms with Crippen LogP contribution in [0.5, 0.6) is 0 Å². The van der Waals surface area contributed by atoms with Crippen LogP contribution >= 0.6 is 0 Å². The maximum atomic E-state index is 11.6. The maximum Gasteiger partial charge on any atom is 0.254 e. The van der Waals surface area contributed by atoms with Crippen LogP contribution in [0, 0.1) is 5.92 Å². The lowest BCUT2D eigenvalue weighted by Gasteiger charge is -2.28. The van der Waals surface area contributed by atoms with Crippen LogP contribution in [0.25, 0.3) is 0 Å². The van der Waals surface area contributed by atoms with Gasteiger partial charge in [0.1, 0.15) is 5.82 Å². The van der Waals surface area contributed by atoms with Gasteiger partial charge in [-0.3, -0.25) is 4.79 Å². The first-order chi connectivity index (χ1) is 11.4. The summed E-state index contributed by atoms with van der Waals surface area (Å²) >= 11 is 0. The molecule has 134 valence electrons. The Morgan fingerprint density at radius 1 is 1.29 bits per heavy atom. The van der Waals surface area contributed by atoms with Crippen molar-refractivity contribution in [3.05, 3.63) is 11.8 Å². The summed E-state index contributed by atoms with van der Waals surface area (Å²) in [6, 6.07) is 0.495. The van der Waals surface area contributed by atoms with Crippen LogP contribution < -0.4 is 16.4 Å². The van der Waals surface area contributed by atoms with Crippen molar-refractivity contribution in [2.45, 2.75) is 64.6 Å². The van der Waals surface area contributed by atoms with Crippen LogP contribution in [0.4, 0.5) is 11.8 Å². The van der Waals surface area contributed by atoms with E-state index in [-0.39, 0.29) is 6.04 Å². The van der Waals surface area contributed by atoms with Crippen molar-refractivity contribution in [3.63, 3.8) is 0 Å². The number of primary amides is 1. The number of amides is 1. The van der Waals surface area contributed by atoms with Crippen molar-refractivity contribution >= 4 is 17.7 Å². The molecule has 1 fully saturated rings. The van der Waals surface area contributed by atoms with Gasteiger partial charge in [0.25, 0.3) is 5.91 Å². The molecule has 1 heterocycles. The quantitative estimate of drug-likeness (QED) is 0.707. The predicted octanol–water partition coefficient (Wildman–Crippen LogP) is 2.40. The molecule has 2 rings (SSSR count). The topological polar surface area (TPSA) is 102 Å². The summed E-state index contributed by atoms with van der Waals surface area (Å²) in [7, 11) is 1.76. The van der Waals surface area contributed by atoms with Gasteiger partial charge in [-0.15, -0.1) is 0 Å². The first kappa shape index (κ1) is 18.4. The molecule has 7 nitrogen and oxygen atoms in total. The minimum Gasteiger partial charge on any atom is -0.381 e. The standard InChI is InChI=1S/C17H29N5O2/c1-10(2)11(3)20-16-14(15(18)23)9-19-17(22-16)21-12-5-7-13(24-4)8-6-12/h9-13H,5-8H2,1-4H3,(H2,18,23)(H2,19,20,21,22)/t11-,12-,13-/m0/s1. The molecule has 1 aromatic rings. The van der Waals surface area contributed by atoms with E-state index >= 15 is 0 Å². The fourth-order valence-corrected chi connectivity index (χ4v) is 2.75. The predicted molar refractivity (Wildman–Crippen MR) is 95.1 cm³/mol. The number of aromatic nitrogens is 2.